The lowest BCUT2D eigenvalue weighted by Crippen LogP contribution is -2.51. The van der Waals surface area contributed by atoms with Crippen LogP contribution in [0.5, 0.6) is 0 Å². The summed E-state index contributed by atoms with van der Waals surface area (Å²) in [6.45, 7) is 4.41. The number of ether oxygens (including phenoxy) is 1. The second kappa shape index (κ2) is 7.41. The molecular formula is C17H31N3O. The van der Waals surface area contributed by atoms with E-state index in [2.05, 4.69) is 36.1 Å². The Hall–Kier alpha value is -0.870. The van der Waals surface area contributed by atoms with Crippen molar-refractivity contribution in [2.45, 2.75) is 76.5 Å². The zero-order valence-electron chi connectivity index (χ0n) is 14.1. The molecule has 1 saturated carbocycles. The van der Waals surface area contributed by atoms with Gasteiger partial charge >= 0.3 is 0 Å². The highest BCUT2D eigenvalue weighted by atomic mass is 16.5. The first-order valence-corrected chi connectivity index (χ1v) is 8.45. The highest BCUT2D eigenvalue weighted by Gasteiger charge is 2.35. The van der Waals surface area contributed by atoms with Gasteiger partial charge in [-0.1, -0.05) is 26.7 Å². The average Bonchev–Trinajstić information content (AvgIpc) is 3.19. The number of nitrogens with zero attached hydrogens (tertiary/aromatic N) is 2. The fourth-order valence-corrected chi connectivity index (χ4v) is 3.79. The molecule has 1 unspecified atom stereocenters. The Morgan fingerprint density at radius 3 is 2.57 bits per heavy atom. The van der Waals surface area contributed by atoms with Crippen LogP contribution in [0.3, 0.4) is 0 Å². The Bertz CT molecular complexity index is 411. The molecule has 1 fully saturated rings. The maximum Gasteiger partial charge on any atom is 0.0829 e. The zero-order valence-corrected chi connectivity index (χ0v) is 14.1. The van der Waals surface area contributed by atoms with Gasteiger partial charge in [0.2, 0.25) is 0 Å². The van der Waals surface area contributed by atoms with Gasteiger partial charge in [0, 0.05) is 25.8 Å². The summed E-state index contributed by atoms with van der Waals surface area (Å²) in [7, 11) is 3.85. The van der Waals surface area contributed by atoms with Crippen molar-refractivity contribution in [2.75, 3.05) is 14.2 Å². The molecule has 0 saturated heterocycles. The van der Waals surface area contributed by atoms with Gasteiger partial charge in [-0.05, 0) is 38.8 Å². The van der Waals surface area contributed by atoms with Crippen molar-refractivity contribution in [1.29, 1.82) is 0 Å². The molecule has 21 heavy (non-hydrogen) atoms. The van der Waals surface area contributed by atoms with Crippen molar-refractivity contribution < 1.29 is 4.74 Å². The number of hydrogen-bond donors (Lipinski definition) is 1. The molecule has 0 radical (unpaired) electrons. The second-order valence-corrected chi connectivity index (χ2v) is 6.25. The van der Waals surface area contributed by atoms with Crippen molar-refractivity contribution in [2.24, 2.45) is 0 Å². The molecule has 1 aliphatic carbocycles. The van der Waals surface area contributed by atoms with Crippen LogP contribution >= 0.6 is 0 Å². The van der Waals surface area contributed by atoms with Gasteiger partial charge in [0.25, 0.3) is 0 Å². The minimum atomic E-state index is -0.105. The largest absolute Gasteiger partial charge is 0.377 e. The SMILES string of the molecule is CCC(CC)(OC)C(Cc1ccn(C2CCCC2)n1)NC. The first-order chi connectivity index (χ1) is 10.2. The summed E-state index contributed by atoms with van der Waals surface area (Å²) >= 11 is 0. The van der Waals surface area contributed by atoms with E-state index in [-0.39, 0.29) is 5.60 Å². The number of hydrogen-bond acceptors (Lipinski definition) is 3. The summed E-state index contributed by atoms with van der Waals surface area (Å²) in [4.78, 5) is 0. The highest BCUT2D eigenvalue weighted by Crippen LogP contribution is 2.30. The van der Waals surface area contributed by atoms with Gasteiger partial charge in [0.05, 0.1) is 17.3 Å². The Balaban J connectivity index is 2.07. The van der Waals surface area contributed by atoms with Crippen molar-refractivity contribution >= 4 is 0 Å². The van der Waals surface area contributed by atoms with Crippen LogP contribution in [-0.2, 0) is 11.2 Å². The Morgan fingerprint density at radius 1 is 1.38 bits per heavy atom. The molecule has 4 heteroatoms. The van der Waals surface area contributed by atoms with Crippen LogP contribution in [0.2, 0.25) is 0 Å². The van der Waals surface area contributed by atoms with Gasteiger partial charge in [-0.25, -0.2) is 0 Å². The normalized spacial score (nSPS) is 18.3. The minimum absolute atomic E-state index is 0.105. The molecule has 2 rings (SSSR count). The third-order valence-electron chi connectivity index (χ3n) is 5.36. The quantitative estimate of drug-likeness (QED) is 0.799. The molecule has 0 amide bonds. The third-order valence-corrected chi connectivity index (χ3v) is 5.36. The molecule has 1 aromatic rings. The van der Waals surface area contributed by atoms with E-state index >= 15 is 0 Å². The van der Waals surface area contributed by atoms with Crippen LogP contribution in [0.4, 0.5) is 0 Å². The average molecular weight is 293 g/mol. The van der Waals surface area contributed by atoms with Gasteiger partial charge in [-0.15, -0.1) is 0 Å². The summed E-state index contributed by atoms with van der Waals surface area (Å²) < 4.78 is 8.05. The predicted molar refractivity (Wildman–Crippen MR) is 86.6 cm³/mol. The zero-order chi connectivity index (χ0) is 15.3. The number of rotatable bonds is 8. The van der Waals surface area contributed by atoms with Crippen LogP contribution < -0.4 is 5.32 Å². The van der Waals surface area contributed by atoms with E-state index in [9.17, 15) is 0 Å². The van der Waals surface area contributed by atoms with Crippen LogP contribution in [0, 0.1) is 0 Å². The van der Waals surface area contributed by atoms with Crippen LogP contribution in [-0.4, -0.2) is 35.6 Å². The molecule has 0 aromatic carbocycles. The summed E-state index contributed by atoms with van der Waals surface area (Å²) in [5.74, 6) is 0. The fourth-order valence-electron chi connectivity index (χ4n) is 3.79. The molecule has 0 spiro atoms. The van der Waals surface area contributed by atoms with E-state index in [1.54, 1.807) is 0 Å². The monoisotopic (exact) mass is 293 g/mol. The number of likely N-dealkylation sites (N-methyl/N-ethyl adjacent to an activating group) is 1. The van der Waals surface area contributed by atoms with Crippen molar-refractivity contribution in [1.82, 2.24) is 15.1 Å². The lowest BCUT2D eigenvalue weighted by Gasteiger charge is -2.38. The molecule has 1 aliphatic rings. The molecule has 4 nitrogen and oxygen atoms in total. The Labute approximate surface area is 129 Å². The van der Waals surface area contributed by atoms with E-state index in [0.29, 0.717) is 12.1 Å². The molecule has 0 bridgehead atoms. The van der Waals surface area contributed by atoms with Gasteiger partial charge in [0.1, 0.15) is 0 Å². The summed E-state index contributed by atoms with van der Waals surface area (Å²) in [6.07, 6.45) is 10.3. The van der Waals surface area contributed by atoms with E-state index in [1.165, 1.54) is 31.4 Å². The standard InChI is InChI=1S/C17H31N3O/c1-5-17(6-2,21-4)16(18-3)13-14-11-12-20(19-14)15-9-7-8-10-15/h11-12,15-16,18H,5-10,13H2,1-4H3. The predicted octanol–water partition coefficient (Wildman–Crippen LogP) is 3.33. The van der Waals surface area contributed by atoms with Gasteiger partial charge < -0.3 is 10.1 Å². The molecule has 120 valence electrons. The number of methoxy groups -OCH3 is 1. The van der Waals surface area contributed by atoms with E-state index in [1.807, 2.05) is 14.2 Å². The molecule has 1 aromatic heterocycles. The van der Waals surface area contributed by atoms with Crippen molar-refractivity contribution in [3.8, 4) is 0 Å². The molecule has 1 N–H and O–H groups in total. The Morgan fingerprint density at radius 2 is 2.05 bits per heavy atom. The smallest absolute Gasteiger partial charge is 0.0829 e. The highest BCUT2D eigenvalue weighted by molar-refractivity contribution is 5.06. The minimum Gasteiger partial charge on any atom is -0.377 e. The van der Waals surface area contributed by atoms with Gasteiger partial charge in [0.15, 0.2) is 0 Å². The van der Waals surface area contributed by atoms with E-state index in [4.69, 9.17) is 9.84 Å². The van der Waals surface area contributed by atoms with Gasteiger partial charge in [-0.3, -0.25) is 4.68 Å². The maximum absolute atomic E-state index is 5.87. The number of nitrogens with one attached hydrogen (secondary N) is 1. The molecule has 1 heterocycles. The fraction of sp³-hybridized carbons (Fsp3) is 0.824. The van der Waals surface area contributed by atoms with Crippen molar-refractivity contribution in [3.05, 3.63) is 18.0 Å². The second-order valence-electron chi connectivity index (χ2n) is 6.25. The first kappa shape index (κ1) is 16.5. The lowest BCUT2D eigenvalue weighted by molar-refractivity contribution is -0.0456. The summed E-state index contributed by atoms with van der Waals surface area (Å²) in [6, 6.07) is 3.09. The van der Waals surface area contributed by atoms with E-state index in [0.717, 1.165) is 19.3 Å². The van der Waals surface area contributed by atoms with Crippen LogP contribution in [0.25, 0.3) is 0 Å². The topological polar surface area (TPSA) is 39.1 Å². The van der Waals surface area contributed by atoms with E-state index < -0.39 is 0 Å². The third kappa shape index (κ3) is 3.49. The molecular weight excluding hydrogens is 262 g/mol. The summed E-state index contributed by atoms with van der Waals surface area (Å²) in [5, 5.41) is 8.27. The van der Waals surface area contributed by atoms with Crippen LogP contribution in [0.15, 0.2) is 12.3 Å². The maximum atomic E-state index is 5.87. The molecule has 1 atom stereocenters. The lowest BCUT2D eigenvalue weighted by atomic mass is 9.85. The number of aromatic nitrogens is 2. The first-order valence-electron chi connectivity index (χ1n) is 8.45. The summed E-state index contributed by atoms with van der Waals surface area (Å²) in [5.41, 5.74) is 1.07. The van der Waals surface area contributed by atoms with Gasteiger partial charge in [-0.2, -0.15) is 5.10 Å². The van der Waals surface area contributed by atoms with Crippen LogP contribution in [0.1, 0.15) is 64.1 Å². The molecule has 0 aliphatic heterocycles. The Kier molecular flexibility index (Phi) is 5.82. The van der Waals surface area contributed by atoms with Crippen molar-refractivity contribution in [3.63, 3.8) is 0 Å².